The van der Waals surface area contributed by atoms with Crippen molar-refractivity contribution in [1.82, 2.24) is 5.32 Å². The van der Waals surface area contributed by atoms with E-state index in [1.54, 1.807) is 0 Å². The van der Waals surface area contributed by atoms with Gasteiger partial charge in [0.25, 0.3) is 0 Å². The van der Waals surface area contributed by atoms with Crippen LogP contribution in [0, 0.1) is 0 Å². The van der Waals surface area contributed by atoms with Crippen LogP contribution in [0.25, 0.3) is 0 Å². The minimum atomic E-state index is 0.680. The van der Waals surface area contributed by atoms with Gasteiger partial charge in [-0.15, -0.1) is 0 Å². The Hall–Kier alpha value is -0.0800. The first kappa shape index (κ1) is 9.92. The van der Waals surface area contributed by atoms with E-state index in [-0.39, 0.29) is 0 Å². The topological polar surface area (TPSA) is 16.5 Å². The molecule has 0 saturated heterocycles. The summed E-state index contributed by atoms with van der Waals surface area (Å²) in [6.45, 7) is 6.78. The first-order valence-electron chi connectivity index (χ1n) is 4.19. The molecule has 0 amide bonds. The molecule has 0 fully saturated rings. The van der Waals surface area contributed by atoms with Crippen molar-refractivity contribution in [1.29, 1.82) is 0 Å². The quantitative estimate of drug-likeness (QED) is 0.534. The fraction of sp³-hybridized carbons (Fsp3) is 1.00. The van der Waals surface area contributed by atoms with Gasteiger partial charge in [-0.3, -0.25) is 0 Å². The maximum atomic E-state index is 3.44. The Morgan fingerprint density at radius 1 is 1.40 bits per heavy atom. The van der Waals surface area contributed by atoms with Gasteiger partial charge in [-0.2, -0.15) is 0 Å². The minimum absolute atomic E-state index is 0.680. The molecule has 2 N–H and O–H groups in total. The van der Waals surface area contributed by atoms with Crippen LogP contribution in [0.15, 0.2) is 0 Å². The van der Waals surface area contributed by atoms with Crippen LogP contribution < -0.4 is 10.2 Å². The normalized spacial score (nSPS) is 14.1. The minimum Gasteiger partial charge on any atom is -0.339 e. The standard InChI is InChI=1S/C8H20N2/c1-5-8(2)9-6-7-10(3)4/h8-9H,5-7H2,1-4H3/p+1. The zero-order chi connectivity index (χ0) is 7.98. The van der Waals surface area contributed by atoms with Crippen LogP contribution in [0.2, 0.25) is 0 Å². The van der Waals surface area contributed by atoms with Gasteiger partial charge in [0.1, 0.15) is 0 Å². The highest BCUT2D eigenvalue weighted by molar-refractivity contribution is 4.55. The summed E-state index contributed by atoms with van der Waals surface area (Å²) in [5.41, 5.74) is 0. The fourth-order valence-electron chi connectivity index (χ4n) is 0.713. The van der Waals surface area contributed by atoms with Gasteiger partial charge in [-0.1, -0.05) is 6.92 Å². The monoisotopic (exact) mass is 145 g/mol. The maximum absolute atomic E-state index is 3.44. The molecule has 1 unspecified atom stereocenters. The first-order valence-corrected chi connectivity index (χ1v) is 4.19. The Morgan fingerprint density at radius 3 is 2.40 bits per heavy atom. The molecular weight excluding hydrogens is 124 g/mol. The van der Waals surface area contributed by atoms with Crippen molar-refractivity contribution >= 4 is 0 Å². The van der Waals surface area contributed by atoms with Crippen molar-refractivity contribution in [2.45, 2.75) is 26.3 Å². The molecule has 0 aromatic carbocycles. The van der Waals surface area contributed by atoms with Gasteiger partial charge in [0.05, 0.1) is 20.6 Å². The Morgan fingerprint density at radius 2 is 2.00 bits per heavy atom. The zero-order valence-electron chi connectivity index (χ0n) is 7.70. The number of likely N-dealkylation sites (N-methyl/N-ethyl adjacent to an activating group) is 1. The second kappa shape index (κ2) is 5.69. The second-order valence-corrected chi connectivity index (χ2v) is 3.22. The lowest BCUT2D eigenvalue weighted by atomic mass is 10.2. The number of quaternary nitrogens is 1. The number of nitrogens with one attached hydrogen (secondary N) is 2. The van der Waals surface area contributed by atoms with Gasteiger partial charge < -0.3 is 10.2 Å². The van der Waals surface area contributed by atoms with Crippen molar-refractivity contribution in [2.75, 3.05) is 27.2 Å². The molecule has 0 aromatic heterocycles. The molecule has 0 rings (SSSR count). The van der Waals surface area contributed by atoms with Crippen LogP contribution in [0.4, 0.5) is 0 Å². The van der Waals surface area contributed by atoms with Crippen LogP contribution in [-0.2, 0) is 0 Å². The van der Waals surface area contributed by atoms with E-state index >= 15 is 0 Å². The summed E-state index contributed by atoms with van der Waals surface area (Å²) < 4.78 is 0. The smallest absolute Gasteiger partial charge is 0.0893 e. The lowest BCUT2D eigenvalue weighted by Crippen LogP contribution is -3.06. The molecule has 0 radical (unpaired) electrons. The number of rotatable bonds is 5. The van der Waals surface area contributed by atoms with Crippen molar-refractivity contribution in [3.8, 4) is 0 Å². The predicted octanol–water partition coefficient (Wildman–Crippen LogP) is -0.481. The average Bonchev–Trinajstić information content (AvgIpc) is 1.87. The van der Waals surface area contributed by atoms with Gasteiger partial charge in [0.15, 0.2) is 0 Å². The summed E-state index contributed by atoms with van der Waals surface area (Å²) in [5.74, 6) is 0. The maximum Gasteiger partial charge on any atom is 0.0893 e. The predicted molar refractivity (Wildman–Crippen MR) is 45.4 cm³/mol. The lowest BCUT2D eigenvalue weighted by molar-refractivity contribution is -0.856. The number of hydrogen-bond acceptors (Lipinski definition) is 1. The van der Waals surface area contributed by atoms with Crippen molar-refractivity contribution in [3.63, 3.8) is 0 Å². The molecule has 0 spiro atoms. The Bertz CT molecular complexity index is 71.7. The molecule has 0 aliphatic heterocycles. The molecular formula is C8H21N2+. The zero-order valence-corrected chi connectivity index (χ0v) is 7.70. The molecule has 0 aliphatic carbocycles. The molecule has 1 atom stereocenters. The summed E-state index contributed by atoms with van der Waals surface area (Å²) in [7, 11) is 4.36. The third kappa shape index (κ3) is 6.05. The van der Waals surface area contributed by atoms with E-state index in [1.807, 2.05) is 0 Å². The molecule has 0 aliphatic rings. The highest BCUT2D eigenvalue weighted by Crippen LogP contribution is 1.84. The van der Waals surface area contributed by atoms with E-state index in [1.165, 1.54) is 17.9 Å². The van der Waals surface area contributed by atoms with Crippen molar-refractivity contribution in [2.24, 2.45) is 0 Å². The van der Waals surface area contributed by atoms with E-state index in [2.05, 4.69) is 33.3 Å². The van der Waals surface area contributed by atoms with Crippen LogP contribution >= 0.6 is 0 Å². The van der Waals surface area contributed by atoms with E-state index in [0.717, 1.165) is 6.54 Å². The summed E-state index contributed by atoms with van der Waals surface area (Å²) in [4.78, 5) is 1.51. The fourth-order valence-corrected chi connectivity index (χ4v) is 0.713. The Balaban J connectivity index is 3.03. The van der Waals surface area contributed by atoms with E-state index in [4.69, 9.17) is 0 Å². The summed E-state index contributed by atoms with van der Waals surface area (Å²) in [6.07, 6.45) is 1.22. The molecule has 10 heavy (non-hydrogen) atoms. The molecule has 0 bridgehead atoms. The third-order valence-corrected chi connectivity index (χ3v) is 1.73. The van der Waals surface area contributed by atoms with E-state index in [0.29, 0.717) is 6.04 Å². The van der Waals surface area contributed by atoms with Crippen LogP contribution in [0.5, 0.6) is 0 Å². The van der Waals surface area contributed by atoms with Crippen LogP contribution in [-0.4, -0.2) is 33.2 Å². The lowest BCUT2D eigenvalue weighted by Gasteiger charge is -2.12. The van der Waals surface area contributed by atoms with Crippen LogP contribution in [0.1, 0.15) is 20.3 Å². The molecule has 2 nitrogen and oxygen atoms in total. The van der Waals surface area contributed by atoms with Gasteiger partial charge in [0, 0.05) is 12.6 Å². The van der Waals surface area contributed by atoms with Crippen LogP contribution in [0.3, 0.4) is 0 Å². The molecule has 62 valence electrons. The molecule has 0 saturated carbocycles. The van der Waals surface area contributed by atoms with E-state index < -0.39 is 0 Å². The van der Waals surface area contributed by atoms with Gasteiger partial charge in [0.2, 0.25) is 0 Å². The number of hydrogen-bond donors (Lipinski definition) is 2. The van der Waals surface area contributed by atoms with Crippen molar-refractivity contribution < 1.29 is 4.90 Å². The summed E-state index contributed by atoms with van der Waals surface area (Å²) >= 11 is 0. The highest BCUT2D eigenvalue weighted by atomic mass is 15.1. The average molecular weight is 145 g/mol. The molecule has 0 heterocycles. The van der Waals surface area contributed by atoms with Gasteiger partial charge in [-0.25, -0.2) is 0 Å². The third-order valence-electron chi connectivity index (χ3n) is 1.73. The first-order chi connectivity index (χ1) is 4.66. The molecule has 2 heteroatoms. The largest absolute Gasteiger partial charge is 0.339 e. The highest BCUT2D eigenvalue weighted by Gasteiger charge is 1.97. The second-order valence-electron chi connectivity index (χ2n) is 3.22. The van der Waals surface area contributed by atoms with E-state index in [9.17, 15) is 0 Å². The summed E-state index contributed by atoms with van der Waals surface area (Å²) in [5, 5.41) is 3.44. The summed E-state index contributed by atoms with van der Waals surface area (Å²) in [6, 6.07) is 0.680. The Labute approximate surface area is 64.6 Å². The van der Waals surface area contributed by atoms with Gasteiger partial charge >= 0.3 is 0 Å². The van der Waals surface area contributed by atoms with Crippen molar-refractivity contribution in [3.05, 3.63) is 0 Å². The SMILES string of the molecule is CCC(C)NCC[NH+](C)C. The Kier molecular flexibility index (Phi) is 5.64. The molecule has 0 aromatic rings. The van der Waals surface area contributed by atoms with Gasteiger partial charge in [-0.05, 0) is 13.3 Å².